The highest BCUT2D eigenvalue weighted by molar-refractivity contribution is 4.99. The van der Waals surface area contributed by atoms with Gasteiger partial charge in [-0.2, -0.15) is 0 Å². The maximum Gasteiger partial charge on any atom is 0.0576 e. The maximum atomic E-state index is 5.78. The molecule has 0 bridgehead atoms. The van der Waals surface area contributed by atoms with Gasteiger partial charge in [-0.3, -0.25) is 0 Å². The van der Waals surface area contributed by atoms with Gasteiger partial charge in [0.25, 0.3) is 0 Å². The molecule has 1 saturated carbocycles. The van der Waals surface area contributed by atoms with Crippen molar-refractivity contribution < 1.29 is 4.74 Å². The molecule has 2 atom stereocenters. The van der Waals surface area contributed by atoms with E-state index in [2.05, 4.69) is 31.4 Å². The van der Waals surface area contributed by atoms with Crippen LogP contribution < -0.4 is 5.32 Å². The molecule has 21 heavy (non-hydrogen) atoms. The standard InChI is InChI=1S/C18H36N2O/c1-19-17(12-8-10-16-11-9-15-21-16)18(20(2)3)13-6-4-5-7-14-18/h16-17,19H,4-15H2,1-3H3. The molecule has 3 heteroatoms. The second kappa shape index (κ2) is 8.50. The summed E-state index contributed by atoms with van der Waals surface area (Å²) >= 11 is 0. The van der Waals surface area contributed by atoms with Crippen molar-refractivity contribution >= 4 is 0 Å². The largest absolute Gasteiger partial charge is 0.378 e. The molecule has 0 amide bonds. The summed E-state index contributed by atoms with van der Waals surface area (Å²) in [6.45, 7) is 0.988. The quantitative estimate of drug-likeness (QED) is 0.727. The van der Waals surface area contributed by atoms with Gasteiger partial charge >= 0.3 is 0 Å². The molecule has 1 aliphatic carbocycles. The van der Waals surface area contributed by atoms with Gasteiger partial charge in [0.05, 0.1) is 6.10 Å². The summed E-state index contributed by atoms with van der Waals surface area (Å²) in [7, 11) is 6.73. The van der Waals surface area contributed by atoms with Gasteiger partial charge in [-0.1, -0.05) is 25.7 Å². The van der Waals surface area contributed by atoms with Crippen LogP contribution in [0.25, 0.3) is 0 Å². The van der Waals surface area contributed by atoms with E-state index in [0.29, 0.717) is 17.7 Å². The molecular weight excluding hydrogens is 260 g/mol. The van der Waals surface area contributed by atoms with E-state index in [9.17, 15) is 0 Å². The lowest BCUT2D eigenvalue weighted by Gasteiger charge is -2.46. The lowest BCUT2D eigenvalue weighted by molar-refractivity contribution is 0.0710. The van der Waals surface area contributed by atoms with Crippen LogP contribution in [-0.4, -0.2) is 50.3 Å². The Bertz CT molecular complexity index is 279. The Balaban J connectivity index is 1.91. The molecule has 1 saturated heterocycles. The number of likely N-dealkylation sites (N-methyl/N-ethyl adjacent to an activating group) is 2. The summed E-state index contributed by atoms with van der Waals surface area (Å²) in [5.74, 6) is 0. The smallest absolute Gasteiger partial charge is 0.0576 e. The van der Waals surface area contributed by atoms with Crippen molar-refractivity contribution in [1.82, 2.24) is 10.2 Å². The molecule has 0 spiro atoms. The molecule has 3 nitrogen and oxygen atoms in total. The number of rotatable bonds is 7. The average molecular weight is 296 g/mol. The zero-order chi connectivity index (χ0) is 15.1. The van der Waals surface area contributed by atoms with Gasteiger partial charge in [0, 0.05) is 18.2 Å². The van der Waals surface area contributed by atoms with E-state index in [1.807, 2.05) is 0 Å². The Morgan fingerprint density at radius 1 is 1.14 bits per heavy atom. The van der Waals surface area contributed by atoms with Crippen LogP contribution in [0, 0.1) is 0 Å². The summed E-state index contributed by atoms with van der Waals surface area (Å²) in [6, 6.07) is 0.618. The molecule has 2 unspecified atom stereocenters. The topological polar surface area (TPSA) is 24.5 Å². The van der Waals surface area contributed by atoms with Crippen LogP contribution in [0.4, 0.5) is 0 Å². The molecule has 1 aliphatic heterocycles. The predicted octanol–water partition coefficient (Wildman–Crippen LogP) is 3.58. The molecule has 0 aromatic heterocycles. The first kappa shape index (κ1) is 17.2. The highest BCUT2D eigenvalue weighted by Gasteiger charge is 2.39. The van der Waals surface area contributed by atoms with Crippen molar-refractivity contribution in [2.45, 2.75) is 88.3 Å². The lowest BCUT2D eigenvalue weighted by Crippen LogP contribution is -2.58. The maximum absolute atomic E-state index is 5.78. The molecule has 2 aliphatic rings. The van der Waals surface area contributed by atoms with Crippen molar-refractivity contribution in [3.63, 3.8) is 0 Å². The summed E-state index contributed by atoms with van der Waals surface area (Å²) in [4.78, 5) is 2.52. The van der Waals surface area contributed by atoms with Crippen LogP contribution in [0.15, 0.2) is 0 Å². The van der Waals surface area contributed by atoms with Gasteiger partial charge in [-0.25, -0.2) is 0 Å². The predicted molar refractivity (Wildman–Crippen MR) is 89.8 cm³/mol. The van der Waals surface area contributed by atoms with E-state index >= 15 is 0 Å². The van der Waals surface area contributed by atoms with Gasteiger partial charge in [-0.15, -0.1) is 0 Å². The SMILES string of the molecule is CNC(CCCC1CCCO1)C1(N(C)C)CCCCCC1. The van der Waals surface area contributed by atoms with E-state index in [1.54, 1.807) is 0 Å². The van der Waals surface area contributed by atoms with E-state index in [4.69, 9.17) is 4.74 Å². The summed E-state index contributed by atoms with van der Waals surface area (Å²) in [5.41, 5.74) is 0.363. The van der Waals surface area contributed by atoms with E-state index in [0.717, 1.165) is 6.61 Å². The minimum Gasteiger partial charge on any atom is -0.378 e. The van der Waals surface area contributed by atoms with Crippen LogP contribution >= 0.6 is 0 Å². The Morgan fingerprint density at radius 3 is 2.38 bits per heavy atom. The molecule has 2 fully saturated rings. The zero-order valence-electron chi connectivity index (χ0n) is 14.5. The third kappa shape index (κ3) is 4.43. The fourth-order valence-electron chi connectivity index (χ4n) is 4.55. The second-order valence-corrected chi connectivity index (χ2v) is 7.32. The zero-order valence-corrected chi connectivity index (χ0v) is 14.5. The van der Waals surface area contributed by atoms with Gasteiger partial charge in [0.1, 0.15) is 0 Å². The van der Waals surface area contributed by atoms with Crippen LogP contribution in [0.2, 0.25) is 0 Å². The van der Waals surface area contributed by atoms with Crippen molar-refractivity contribution in [3.05, 3.63) is 0 Å². The molecular formula is C18H36N2O. The molecule has 0 aromatic carbocycles. The third-order valence-corrected chi connectivity index (χ3v) is 5.90. The second-order valence-electron chi connectivity index (χ2n) is 7.32. The monoisotopic (exact) mass is 296 g/mol. The third-order valence-electron chi connectivity index (χ3n) is 5.90. The van der Waals surface area contributed by atoms with E-state index < -0.39 is 0 Å². The molecule has 2 rings (SSSR count). The van der Waals surface area contributed by atoms with E-state index in [1.165, 1.54) is 70.6 Å². The van der Waals surface area contributed by atoms with E-state index in [-0.39, 0.29) is 0 Å². The Hall–Kier alpha value is -0.120. The number of hydrogen-bond acceptors (Lipinski definition) is 3. The number of nitrogens with zero attached hydrogens (tertiary/aromatic N) is 1. The molecule has 124 valence electrons. The van der Waals surface area contributed by atoms with Gasteiger partial charge in [0.2, 0.25) is 0 Å². The van der Waals surface area contributed by atoms with Crippen LogP contribution in [0.5, 0.6) is 0 Å². The summed E-state index contributed by atoms with van der Waals surface area (Å²) in [6.07, 6.45) is 15.3. The summed E-state index contributed by atoms with van der Waals surface area (Å²) in [5, 5.41) is 3.66. The summed E-state index contributed by atoms with van der Waals surface area (Å²) < 4.78 is 5.78. The number of nitrogens with one attached hydrogen (secondary N) is 1. The Labute approximate surface area is 131 Å². The number of ether oxygens (including phenoxy) is 1. The van der Waals surface area contributed by atoms with Crippen molar-refractivity contribution in [2.75, 3.05) is 27.7 Å². The average Bonchev–Trinajstić information content (AvgIpc) is 2.86. The van der Waals surface area contributed by atoms with Crippen molar-refractivity contribution in [1.29, 1.82) is 0 Å². The van der Waals surface area contributed by atoms with Crippen molar-refractivity contribution in [3.8, 4) is 0 Å². The minimum absolute atomic E-state index is 0.363. The van der Waals surface area contributed by atoms with Crippen LogP contribution in [0.1, 0.15) is 70.6 Å². The molecule has 1 heterocycles. The van der Waals surface area contributed by atoms with Crippen LogP contribution in [-0.2, 0) is 4.74 Å². The Morgan fingerprint density at radius 2 is 1.86 bits per heavy atom. The fraction of sp³-hybridized carbons (Fsp3) is 1.00. The van der Waals surface area contributed by atoms with Gasteiger partial charge in [-0.05, 0) is 66.1 Å². The first-order valence-electron chi connectivity index (χ1n) is 9.15. The minimum atomic E-state index is 0.363. The fourth-order valence-corrected chi connectivity index (χ4v) is 4.55. The Kier molecular flexibility index (Phi) is 6.97. The first-order valence-corrected chi connectivity index (χ1v) is 9.15. The number of hydrogen-bond donors (Lipinski definition) is 1. The van der Waals surface area contributed by atoms with Gasteiger partial charge in [0.15, 0.2) is 0 Å². The lowest BCUT2D eigenvalue weighted by atomic mass is 9.79. The van der Waals surface area contributed by atoms with Gasteiger partial charge < -0.3 is 15.0 Å². The highest BCUT2D eigenvalue weighted by atomic mass is 16.5. The van der Waals surface area contributed by atoms with Crippen molar-refractivity contribution in [2.24, 2.45) is 0 Å². The molecule has 1 N–H and O–H groups in total. The first-order chi connectivity index (χ1) is 10.2. The molecule has 0 radical (unpaired) electrons. The highest BCUT2D eigenvalue weighted by Crippen LogP contribution is 2.36. The van der Waals surface area contributed by atoms with Crippen LogP contribution in [0.3, 0.4) is 0 Å². The normalized spacial score (nSPS) is 27.7. The molecule has 0 aromatic rings.